The lowest BCUT2D eigenvalue weighted by atomic mass is 10.1. The maximum absolute atomic E-state index is 13.1. The molecule has 7 heteroatoms. The van der Waals surface area contributed by atoms with Gasteiger partial charge in [0.2, 0.25) is 5.91 Å². The molecule has 5 nitrogen and oxygen atoms in total. The van der Waals surface area contributed by atoms with E-state index in [4.69, 9.17) is 11.6 Å². The molecule has 0 fully saturated rings. The Morgan fingerprint density at radius 1 is 0.938 bits per heavy atom. The van der Waals surface area contributed by atoms with Crippen molar-refractivity contribution >= 4 is 29.3 Å². The molecule has 32 heavy (non-hydrogen) atoms. The van der Waals surface area contributed by atoms with Crippen LogP contribution in [-0.4, -0.2) is 39.7 Å². The van der Waals surface area contributed by atoms with Gasteiger partial charge < -0.3 is 4.90 Å². The molecule has 0 aliphatic heterocycles. The predicted molar refractivity (Wildman–Crippen MR) is 130 cm³/mol. The van der Waals surface area contributed by atoms with Crippen LogP contribution in [0.1, 0.15) is 16.4 Å². The number of aromatic nitrogens is 3. The van der Waals surface area contributed by atoms with Crippen LogP contribution in [0.5, 0.6) is 0 Å². The fourth-order valence-electron chi connectivity index (χ4n) is 3.33. The fourth-order valence-corrected chi connectivity index (χ4v) is 4.63. The summed E-state index contributed by atoms with van der Waals surface area (Å²) in [4.78, 5) is 14.7. The van der Waals surface area contributed by atoms with Crippen LogP contribution < -0.4 is 0 Å². The summed E-state index contributed by atoms with van der Waals surface area (Å²) in [5.41, 5.74) is 2.97. The van der Waals surface area contributed by atoms with Crippen molar-refractivity contribution in [2.45, 2.75) is 17.0 Å². The van der Waals surface area contributed by atoms with Gasteiger partial charge >= 0.3 is 0 Å². The van der Waals surface area contributed by atoms with Crippen LogP contribution in [0.3, 0.4) is 0 Å². The molecule has 0 aliphatic carbocycles. The van der Waals surface area contributed by atoms with Gasteiger partial charge in [-0.3, -0.25) is 9.36 Å². The third-order valence-electron chi connectivity index (χ3n) is 4.99. The number of carbonyl (C=O) groups is 1. The predicted octanol–water partition coefficient (Wildman–Crippen LogP) is 5.57. The Morgan fingerprint density at radius 2 is 1.56 bits per heavy atom. The summed E-state index contributed by atoms with van der Waals surface area (Å²) in [5.74, 6) is 0.737. The number of amides is 1. The zero-order valence-corrected chi connectivity index (χ0v) is 19.4. The topological polar surface area (TPSA) is 51.0 Å². The lowest BCUT2D eigenvalue weighted by Gasteiger charge is -2.20. The molecule has 1 atom stereocenters. The molecule has 1 heterocycles. The molecule has 0 unspecified atom stereocenters. The Balaban J connectivity index is 1.76. The quantitative estimate of drug-likeness (QED) is 0.337. The summed E-state index contributed by atoms with van der Waals surface area (Å²) in [6.45, 7) is 0.589. The minimum Gasteiger partial charge on any atom is -0.348 e. The Labute approximate surface area is 197 Å². The van der Waals surface area contributed by atoms with Crippen LogP contribution in [0.25, 0.3) is 11.4 Å². The zero-order valence-electron chi connectivity index (χ0n) is 17.9. The van der Waals surface area contributed by atoms with Crippen LogP contribution in [-0.2, 0) is 11.3 Å². The number of thioether (sulfide) groups is 1. The number of benzene rings is 3. The van der Waals surface area contributed by atoms with Crippen molar-refractivity contribution in [3.8, 4) is 11.4 Å². The van der Waals surface area contributed by atoms with Gasteiger partial charge in [0.1, 0.15) is 5.25 Å². The van der Waals surface area contributed by atoms with E-state index in [1.807, 2.05) is 72.8 Å². The lowest BCUT2D eigenvalue weighted by molar-refractivity contribution is -0.128. The van der Waals surface area contributed by atoms with Crippen molar-refractivity contribution < 1.29 is 4.79 Å². The van der Waals surface area contributed by atoms with E-state index >= 15 is 0 Å². The second-order valence-electron chi connectivity index (χ2n) is 7.53. The van der Waals surface area contributed by atoms with E-state index in [9.17, 15) is 4.79 Å². The molecule has 0 spiro atoms. The fraction of sp³-hybridized carbons (Fsp3) is 0.160. The van der Waals surface area contributed by atoms with Crippen molar-refractivity contribution in [3.05, 3.63) is 101 Å². The minimum atomic E-state index is -0.428. The van der Waals surface area contributed by atoms with Crippen molar-refractivity contribution in [1.29, 1.82) is 0 Å². The van der Waals surface area contributed by atoms with E-state index in [2.05, 4.69) is 26.9 Å². The van der Waals surface area contributed by atoms with Gasteiger partial charge in [0.05, 0.1) is 6.54 Å². The number of nitrogens with zero attached hydrogens (tertiary/aromatic N) is 4. The molecule has 4 aromatic rings. The molecular formula is C25H23ClN4OS. The molecule has 1 aromatic heterocycles. The van der Waals surface area contributed by atoms with Crippen molar-refractivity contribution in [2.75, 3.05) is 14.1 Å². The highest BCUT2D eigenvalue weighted by atomic mass is 35.5. The van der Waals surface area contributed by atoms with E-state index in [1.165, 1.54) is 11.8 Å². The number of hydrogen-bond acceptors (Lipinski definition) is 4. The van der Waals surface area contributed by atoms with Crippen molar-refractivity contribution in [2.24, 2.45) is 0 Å². The highest BCUT2D eigenvalue weighted by molar-refractivity contribution is 8.00. The Hall–Kier alpha value is -3.09. The van der Waals surface area contributed by atoms with Gasteiger partial charge in [0.15, 0.2) is 11.0 Å². The van der Waals surface area contributed by atoms with Gasteiger partial charge in [-0.25, -0.2) is 0 Å². The molecule has 3 aromatic carbocycles. The van der Waals surface area contributed by atoms with E-state index in [0.717, 1.165) is 22.5 Å². The normalized spacial score (nSPS) is 11.8. The Kier molecular flexibility index (Phi) is 6.93. The minimum absolute atomic E-state index is 0.00324. The first-order valence-corrected chi connectivity index (χ1v) is 11.4. The van der Waals surface area contributed by atoms with Crippen LogP contribution >= 0.6 is 23.4 Å². The largest absolute Gasteiger partial charge is 0.348 e. The van der Waals surface area contributed by atoms with Crippen LogP contribution in [0.15, 0.2) is 90.1 Å². The SMILES string of the molecule is CN(C)C(=O)[C@H](Sc1nnc(-c2ccc(Cl)cc2)n1Cc1ccccc1)c1ccccc1. The lowest BCUT2D eigenvalue weighted by Crippen LogP contribution is -2.27. The second-order valence-corrected chi connectivity index (χ2v) is 9.03. The van der Waals surface area contributed by atoms with E-state index in [0.29, 0.717) is 16.7 Å². The molecule has 0 bridgehead atoms. The summed E-state index contributed by atoms with van der Waals surface area (Å²) < 4.78 is 2.06. The summed E-state index contributed by atoms with van der Waals surface area (Å²) in [5, 5.41) is 9.90. The van der Waals surface area contributed by atoms with E-state index < -0.39 is 5.25 Å². The summed E-state index contributed by atoms with van der Waals surface area (Å²) >= 11 is 7.50. The van der Waals surface area contributed by atoms with Crippen LogP contribution in [0.4, 0.5) is 0 Å². The first-order chi connectivity index (χ1) is 15.5. The second kappa shape index (κ2) is 10.0. The summed E-state index contributed by atoms with van der Waals surface area (Å²) in [6, 6.07) is 27.5. The number of hydrogen-bond donors (Lipinski definition) is 0. The monoisotopic (exact) mass is 462 g/mol. The molecule has 0 saturated carbocycles. The number of carbonyl (C=O) groups excluding carboxylic acids is 1. The Bertz CT molecular complexity index is 1180. The van der Waals surface area contributed by atoms with Gasteiger partial charge in [-0.1, -0.05) is 84.0 Å². The average molecular weight is 463 g/mol. The van der Waals surface area contributed by atoms with Crippen LogP contribution in [0.2, 0.25) is 5.02 Å². The first-order valence-electron chi connectivity index (χ1n) is 10.2. The highest BCUT2D eigenvalue weighted by Crippen LogP contribution is 2.37. The number of halogens is 1. The molecule has 1 amide bonds. The zero-order chi connectivity index (χ0) is 22.5. The number of likely N-dealkylation sites (N-methyl/N-ethyl adjacent to an activating group) is 1. The summed E-state index contributed by atoms with van der Waals surface area (Å²) in [6.07, 6.45) is 0. The standard InChI is InChI=1S/C25H23ClN4OS/c1-29(2)24(31)22(19-11-7-4-8-12-19)32-25-28-27-23(20-13-15-21(26)16-14-20)30(25)17-18-9-5-3-6-10-18/h3-16,22H,17H2,1-2H3/t22-/m1/s1. The molecule has 0 saturated heterocycles. The molecule has 4 rings (SSSR count). The smallest absolute Gasteiger partial charge is 0.240 e. The summed E-state index contributed by atoms with van der Waals surface area (Å²) in [7, 11) is 3.54. The van der Waals surface area contributed by atoms with Gasteiger partial charge in [-0.2, -0.15) is 0 Å². The Morgan fingerprint density at radius 3 is 2.19 bits per heavy atom. The molecule has 0 radical (unpaired) electrons. The van der Waals surface area contributed by atoms with Gasteiger partial charge in [0, 0.05) is 24.7 Å². The van der Waals surface area contributed by atoms with Crippen molar-refractivity contribution in [3.63, 3.8) is 0 Å². The average Bonchev–Trinajstić information content (AvgIpc) is 3.20. The maximum Gasteiger partial charge on any atom is 0.240 e. The highest BCUT2D eigenvalue weighted by Gasteiger charge is 2.27. The molecule has 0 aliphatic rings. The maximum atomic E-state index is 13.1. The van der Waals surface area contributed by atoms with Gasteiger partial charge in [-0.05, 0) is 35.4 Å². The third-order valence-corrected chi connectivity index (χ3v) is 6.47. The van der Waals surface area contributed by atoms with Gasteiger partial charge in [0.25, 0.3) is 0 Å². The van der Waals surface area contributed by atoms with E-state index in [-0.39, 0.29) is 5.91 Å². The molecule has 0 N–H and O–H groups in total. The van der Waals surface area contributed by atoms with Gasteiger partial charge in [-0.15, -0.1) is 10.2 Å². The first kappa shape index (κ1) is 22.1. The molecule has 162 valence electrons. The van der Waals surface area contributed by atoms with Crippen molar-refractivity contribution in [1.82, 2.24) is 19.7 Å². The number of rotatable bonds is 7. The van der Waals surface area contributed by atoms with Crippen LogP contribution in [0, 0.1) is 0 Å². The van der Waals surface area contributed by atoms with E-state index in [1.54, 1.807) is 19.0 Å². The third kappa shape index (κ3) is 5.03. The molecular weight excluding hydrogens is 440 g/mol.